The maximum absolute atomic E-state index is 13.6. The van der Waals surface area contributed by atoms with Gasteiger partial charge in [0.25, 0.3) is 0 Å². The van der Waals surface area contributed by atoms with E-state index < -0.39 is 11.6 Å². The number of aliphatic imine (C=N–C) groups is 1. The van der Waals surface area contributed by atoms with Crippen molar-refractivity contribution in [2.45, 2.75) is 26.3 Å². The van der Waals surface area contributed by atoms with Crippen molar-refractivity contribution in [2.75, 3.05) is 20.1 Å². The minimum Gasteiger partial charge on any atom is -0.356 e. The van der Waals surface area contributed by atoms with Crippen molar-refractivity contribution in [3.8, 4) is 0 Å². The molecule has 0 aliphatic rings. The van der Waals surface area contributed by atoms with E-state index in [1.165, 1.54) is 18.2 Å². The van der Waals surface area contributed by atoms with Gasteiger partial charge in [0.05, 0.1) is 0 Å². The Labute approximate surface area is 163 Å². The lowest BCUT2D eigenvalue weighted by molar-refractivity contribution is 0.552. The highest BCUT2D eigenvalue weighted by atomic mass is 127. The van der Waals surface area contributed by atoms with Gasteiger partial charge in [-0.05, 0) is 18.6 Å². The van der Waals surface area contributed by atoms with Gasteiger partial charge in [-0.3, -0.25) is 4.99 Å². The fourth-order valence-corrected chi connectivity index (χ4v) is 2.33. The summed E-state index contributed by atoms with van der Waals surface area (Å²) >= 11 is 0. The summed E-state index contributed by atoms with van der Waals surface area (Å²) in [5.74, 6) is 0.451. The number of rotatable bonds is 7. The molecule has 1 aromatic heterocycles. The van der Waals surface area contributed by atoms with Crippen LogP contribution in [0.25, 0.3) is 0 Å². The van der Waals surface area contributed by atoms with Gasteiger partial charge >= 0.3 is 0 Å². The second-order valence-corrected chi connectivity index (χ2v) is 5.17. The Morgan fingerprint density at radius 1 is 1.20 bits per heavy atom. The van der Waals surface area contributed by atoms with Gasteiger partial charge in [-0.25, -0.2) is 8.78 Å². The maximum Gasteiger partial charge on any atom is 0.191 e. The molecular weight excluding hydrogens is 441 g/mol. The van der Waals surface area contributed by atoms with Crippen molar-refractivity contribution >= 4 is 29.9 Å². The summed E-state index contributed by atoms with van der Waals surface area (Å²) in [6.07, 6.45) is 2.75. The third kappa shape index (κ3) is 6.22. The van der Waals surface area contributed by atoms with E-state index in [0.717, 1.165) is 12.2 Å². The van der Waals surface area contributed by atoms with Crippen LogP contribution in [0.2, 0.25) is 0 Å². The van der Waals surface area contributed by atoms with Crippen molar-refractivity contribution in [1.82, 2.24) is 25.4 Å². The van der Waals surface area contributed by atoms with Gasteiger partial charge in [-0.2, -0.15) is 0 Å². The second kappa shape index (κ2) is 11.0. The van der Waals surface area contributed by atoms with Crippen molar-refractivity contribution in [3.63, 3.8) is 0 Å². The molecule has 0 aliphatic heterocycles. The van der Waals surface area contributed by atoms with E-state index in [1.807, 2.05) is 11.5 Å². The Morgan fingerprint density at radius 3 is 2.52 bits per heavy atom. The molecule has 0 aliphatic carbocycles. The molecule has 0 saturated heterocycles. The summed E-state index contributed by atoms with van der Waals surface area (Å²) in [6.45, 7) is 3.75. The lowest BCUT2D eigenvalue weighted by Gasteiger charge is -2.13. The minimum absolute atomic E-state index is 0. The molecule has 2 rings (SSSR count). The Bertz CT molecular complexity index is 669. The Balaban J connectivity index is 0.00000312. The number of nitrogens with one attached hydrogen (secondary N) is 2. The van der Waals surface area contributed by atoms with Crippen molar-refractivity contribution < 1.29 is 8.78 Å². The predicted molar refractivity (Wildman–Crippen MR) is 104 cm³/mol. The Morgan fingerprint density at radius 2 is 1.88 bits per heavy atom. The van der Waals surface area contributed by atoms with E-state index in [4.69, 9.17) is 0 Å². The molecule has 0 fully saturated rings. The smallest absolute Gasteiger partial charge is 0.191 e. The standard InChI is InChI=1S/C16H22F2N6.HI/c1-3-15-23-22-11-24(15)10-9-21-16(19-2)20-8-7-12-13(17)5-4-6-14(12)18;/h4-6,11H,3,7-10H2,1-2H3,(H2,19,20,21);1H. The molecule has 25 heavy (non-hydrogen) atoms. The normalized spacial score (nSPS) is 11.1. The molecular formula is C16H23F2IN6. The molecule has 0 atom stereocenters. The van der Waals surface area contributed by atoms with Crippen LogP contribution in [0.15, 0.2) is 29.5 Å². The number of aromatic nitrogens is 3. The molecule has 0 saturated carbocycles. The average Bonchev–Trinajstić information content (AvgIpc) is 3.03. The summed E-state index contributed by atoms with van der Waals surface area (Å²) in [5, 5.41) is 14.1. The van der Waals surface area contributed by atoms with E-state index in [-0.39, 0.29) is 36.0 Å². The zero-order chi connectivity index (χ0) is 17.4. The summed E-state index contributed by atoms with van der Waals surface area (Å²) < 4.78 is 29.1. The molecule has 0 spiro atoms. The molecule has 0 unspecified atom stereocenters. The van der Waals surface area contributed by atoms with Gasteiger partial charge in [-0.15, -0.1) is 34.2 Å². The quantitative estimate of drug-likeness (QED) is 0.375. The van der Waals surface area contributed by atoms with E-state index >= 15 is 0 Å². The third-order valence-corrected chi connectivity index (χ3v) is 3.61. The first-order valence-corrected chi connectivity index (χ1v) is 7.89. The molecule has 0 bridgehead atoms. The van der Waals surface area contributed by atoms with Crippen LogP contribution >= 0.6 is 24.0 Å². The molecule has 9 heteroatoms. The molecule has 6 nitrogen and oxygen atoms in total. The predicted octanol–water partition coefficient (Wildman–Crippen LogP) is 2.14. The van der Waals surface area contributed by atoms with Crippen LogP contribution < -0.4 is 10.6 Å². The first-order chi connectivity index (χ1) is 11.7. The zero-order valence-electron chi connectivity index (χ0n) is 14.3. The average molecular weight is 464 g/mol. The van der Waals surface area contributed by atoms with Crippen LogP contribution in [-0.4, -0.2) is 40.9 Å². The van der Waals surface area contributed by atoms with Crippen LogP contribution in [0, 0.1) is 11.6 Å². The molecule has 2 N–H and O–H groups in total. The van der Waals surface area contributed by atoms with Gasteiger partial charge in [-0.1, -0.05) is 13.0 Å². The van der Waals surface area contributed by atoms with Crippen LogP contribution in [0.1, 0.15) is 18.3 Å². The number of hydrogen-bond acceptors (Lipinski definition) is 3. The Hall–Kier alpha value is -1.78. The first-order valence-electron chi connectivity index (χ1n) is 7.89. The fraction of sp³-hybridized carbons (Fsp3) is 0.438. The molecule has 2 aromatic rings. The highest BCUT2D eigenvalue weighted by Gasteiger charge is 2.08. The van der Waals surface area contributed by atoms with Gasteiger partial charge in [0.2, 0.25) is 0 Å². The summed E-state index contributed by atoms with van der Waals surface area (Å²) in [5.41, 5.74) is 0.0810. The van der Waals surface area contributed by atoms with Crippen LogP contribution in [0.5, 0.6) is 0 Å². The number of nitrogens with zero attached hydrogens (tertiary/aromatic N) is 4. The topological polar surface area (TPSA) is 67.1 Å². The maximum atomic E-state index is 13.6. The molecule has 1 aromatic carbocycles. The molecule has 0 radical (unpaired) electrons. The van der Waals surface area contributed by atoms with E-state index in [2.05, 4.69) is 25.8 Å². The summed E-state index contributed by atoms with van der Waals surface area (Å²) in [6, 6.07) is 3.88. The summed E-state index contributed by atoms with van der Waals surface area (Å²) in [4.78, 5) is 4.09. The highest BCUT2D eigenvalue weighted by molar-refractivity contribution is 14.0. The van der Waals surface area contributed by atoms with Gasteiger partial charge in [0.15, 0.2) is 5.96 Å². The number of guanidine groups is 1. The second-order valence-electron chi connectivity index (χ2n) is 5.17. The molecule has 138 valence electrons. The van der Waals surface area contributed by atoms with Crippen molar-refractivity contribution in [2.24, 2.45) is 4.99 Å². The lowest BCUT2D eigenvalue weighted by Crippen LogP contribution is -2.39. The molecule has 1 heterocycles. The summed E-state index contributed by atoms with van der Waals surface area (Å²) in [7, 11) is 1.65. The Kier molecular flexibility index (Phi) is 9.32. The van der Waals surface area contributed by atoms with Gasteiger partial charge < -0.3 is 15.2 Å². The monoisotopic (exact) mass is 464 g/mol. The molecule has 0 amide bonds. The van der Waals surface area contributed by atoms with E-state index in [9.17, 15) is 8.78 Å². The van der Waals surface area contributed by atoms with Crippen molar-refractivity contribution in [1.29, 1.82) is 0 Å². The lowest BCUT2D eigenvalue weighted by atomic mass is 10.1. The highest BCUT2D eigenvalue weighted by Crippen LogP contribution is 2.11. The fourth-order valence-electron chi connectivity index (χ4n) is 2.33. The number of halogens is 3. The third-order valence-electron chi connectivity index (χ3n) is 3.61. The van der Waals surface area contributed by atoms with E-state index in [1.54, 1.807) is 13.4 Å². The first kappa shape index (κ1) is 21.3. The van der Waals surface area contributed by atoms with Gasteiger partial charge in [0, 0.05) is 38.7 Å². The zero-order valence-corrected chi connectivity index (χ0v) is 16.6. The minimum atomic E-state index is -0.528. The number of aryl methyl sites for hydroxylation is 1. The largest absolute Gasteiger partial charge is 0.356 e. The number of hydrogen-bond donors (Lipinski definition) is 2. The van der Waals surface area contributed by atoms with Crippen LogP contribution in [0.3, 0.4) is 0 Å². The number of benzene rings is 1. The van der Waals surface area contributed by atoms with Gasteiger partial charge in [0.1, 0.15) is 23.8 Å². The van der Waals surface area contributed by atoms with Crippen LogP contribution in [-0.2, 0) is 19.4 Å². The SMILES string of the molecule is CCc1nncn1CCNC(=NC)NCCc1c(F)cccc1F.I. The van der Waals surface area contributed by atoms with E-state index in [0.29, 0.717) is 25.6 Å². The van der Waals surface area contributed by atoms with Crippen LogP contribution in [0.4, 0.5) is 8.78 Å². The van der Waals surface area contributed by atoms with Crippen molar-refractivity contribution in [3.05, 3.63) is 47.5 Å².